The molecule has 0 unspecified atom stereocenters. The van der Waals surface area contributed by atoms with Crippen molar-refractivity contribution in [2.24, 2.45) is 0 Å². The molecule has 1 aromatic carbocycles. The fourth-order valence-electron chi connectivity index (χ4n) is 1.82. The van der Waals surface area contributed by atoms with Crippen LogP contribution in [0, 0.1) is 13.8 Å². The van der Waals surface area contributed by atoms with Crippen LogP contribution in [-0.4, -0.2) is 22.6 Å². The lowest BCUT2D eigenvalue weighted by molar-refractivity contribution is 0.0947. The smallest absolute Gasteiger partial charge is 0.271 e. The first-order valence-corrected chi connectivity index (χ1v) is 7.06. The van der Waals surface area contributed by atoms with Gasteiger partial charge in [0.1, 0.15) is 0 Å². The van der Waals surface area contributed by atoms with Gasteiger partial charge >= 0.3 is 0 Å². The van der Waals surface area contributed by atoms with E-state index in [1.165, 1.54) is 11.1 Å². The van der Waals surface area contributed by atoms with Gasteiger partial charge in [-0.25, -0.2) is 0 Å². The maximum absolute atomic E-state index is 11.7. The van der Waals surface area contributed by atoms with E-state index in [2.05, 4.69) is 46.8 Å². The van der Waals surface area contributed by atoms with Gasteiger partial charge in [-0.15, -0.1) is 10.2 Å². The summed E-state index contributed by atoms with van der Waals surface area (Å²) >= 11 is 0. The van der Waals surface area contributed by atoms with Gasteiger partial charge in [0.05, 0.1) is 0 Å². The number of aryl methyl sites for hydroxylation is 2. The van der Waals surface area contributed by atoms with E-state index in [4.69, 9.17) is 0 Å². The zero-order valence-electron chi connectivity index (χ0n) is 12.6. The highest BCUT2D eigenvalue weighted by Crippen LogP contribution is 2.17. The predicted octanol–water partition coefficient (Wildman–Crippen LogP) is 2.98. The molecule has 0 bridgehead atoms. The van der Waals surface area contributed by atoms with Gasteiger partial charge < -0.3 is 10.6 Å². The Morgan fingerprint density at radius 3 is 2.52 bits per heavy atom. The molecule has 1 heterocycles. The Hall–Kier alpha value is -2.43. The number of anilines is 2. The lowest BCUT2D eigenvalue weighted by Gasteiger charge is -2.08. The minimum atomic E-state index is -0.193. The van der Waals surface area contributed by atoms with Crippen molar-refractivity contribution in [2.45, 2.75) is 27.2 Å². The van der Waals surface area contributed by atoms with Crippen molar-refractivity contribution < 1.29 is 4.79 Å². The Kier molecular flexibility index (Phi) is 4.87. The van der Waals surface area contributed by atoms with Gasteiger partial charge in [0.15, 0.2) is 11.5 Å². The standard InChI is InChI=1S/C16H20N4O/c1-4-9-17-16(21)14-7-8-15(20-19-14)18-13-6-5-11(2)12(3)10-13/h5-8,10H,4,9H2,1-3H3,(H,17,21)(H,18,20). The molecule has 2 aromatic rings. The minimum absolute atomic E-state index is 0.193. The van der Waals surface area contributed by atoms with Crippen LogP contribution in [0.4, 0.5) is 11.5 Å². The van der Waals surface area contributed by atoms with Gasteiger partial charge in [0.2, 0.25) is 0 Å². The summed E-state index contributed by atoms with van der Waals surface area (Å²) in [6.07, 6.45) is 0.894. The number of nitrogens with one attached hydrogen (secondary N) is 2. The Labute approximate surface area is 124 Å². The third kappa shape index (κ3) is 4.02. The molecule has 2 rings (SSSR count). The van der Waals surface area contributed by atoms with Crippen molar-refractivity contribution >= 4 is 17.4 Å². The average molecular weight is 284 g/mol. The van der Waals surface area contributed by atoms with E-state index in [1.54, 1.807) is 12.1 Å². The first-order chi connectivity index (χ1) is 10.1. The number of aromatic nitrogens is 2. The quantitative estimate of drug-likeness (QED) is 0.885. The number of amides is 1. The summed E-state index contributed by atoms with van der Waals surface area (Å²) in [5, 5.41) is 13.9. The molecule has 21 heavy (non-hydrogen) atoms. The van der Waals surface area contributed by atoms with Crippen molar-refractivity contribution in [3.63, 3.8) is 0 Å². The Balaban J connectivity index is 2.05. The summed E-state index contributed by atoms with van der Waals surface area (Å²) in [4.78, 5) is 11.7. The molecule has 0 aliphatic carbocycles. The first kappa shape index (κ1) is 15.0. The van der Waals surface area contributed by atoms with Gasteiger partial charge in [-0.3, -0.25) is 4.79 Å². The summed E-state index contributed by atoms with van der Waals surface area (Å²) in [6.45, 7) is 6.78. The van der Waals surface area contributed by atoms with Crippen LogP contribution >= 0.6 is 0 Å². The van der Waals surface area contributed by atoms with Gasteiger partial charge in [0.25, 0.3) is 5.91 Å². The van der Waals surface area contributed by atoms with Crippen LogP contribution in [0.2, 0.25) is 0 Å². The molecule has 0 atom stereocenters. The summed E-state index contributed by atoms with van der Waals surface area (Å²) in [5.41, 5.74) is 3.74. The fourth-order valence-corrected chi connectivity index (χ4v) is 1.82. The number of hydrogen-bond donors (Lipinski definition) is 2. The van der Waals surface area contributed by atoms with Gasteiger partial charge in [-0.1, -0.05) is 13.0 Å². The molecule has 1 amide bonds. The SMILES string of the molecule is CCCNC(=O)c1ccc(Nc2ccc(C)c(C)c2)nn1. The maximum Gasteiger partial charge on any atom is 0.271 e. The van der Waals surface area contributed by atoms with E-state index in [9.17, 15) is 4.79 Å². The molecule has 1 aromatic heterocycles. The van der Waals surface area contributed by atoms with Gasteiger partial charge in [0, 0.05) is 12.2 Å². The highest BCUT2D eigenvalue weighted by Gasteiger charge is 2.07. The highest BCUT2D eigenvalue weighted by atomic mass is 16.1. The lowest BCUT2D eigenvalue weighted by Crippen LogP contribution is -2.25. The zero-order valence-corrected chi connectivity index (χ0v) is 12.6. The van der Waals surface area contributed by atoms with Gasteiger partial charge in [-0.2, -0.15) is 0 Å². The third-order valence-electron chi connectivity index (χ3n) is 3.21. The molecule has 0 saturated carbocycles. The summed E-state index contributed by atoms with van der Waals surface area (Å²) in [7, 11) is 0. The van der Waals surface area contributed by atoms with Crippen molar-refractivity contribution in [3.8, 4) is 0 Å². The second kappa shape index (κ2) is 6.83. The fraction of sp³-hybridized carbons (Fsp3) is 0.312. The molecule has 110 valence electrons. The molecule has 0 radical (unpaired) electrons. The Bertz CT molecular complexity index is 623. The van der Waals surface area contributed by atoms with Crippen molar-refractivity contribution in [1.29, 1.82) is 0 Å². The van der Waals surface area contributed by atoms with Crippen LogP contribution in [0.5, 0.6) is 0 Å². The second-order valence-corrected chi connectivity index (χ2v) is 4.98. The van der Waals surface area contributed by atoms with Crippen molar-refractivity contribution in [1.82, 2.24) is 15.5 Å². The molecule has 0 spiro atoms. The van der Waals surface area contributed by atoms with E-state index >= 15 is 0 Å². The van der Waals surface area contributed by atoms with E-state index in [1.807, 2.05) is 13.0 Å². The molecule has 0 saturated heterocycles. The van der Waals surface area contributed by atoms with Crippen LogP contribution in [0.25, 0.3) is 0 Å². The minimum Gasteiger partial charge on any atom is -0.351 e. The summed E-state index contributed by atoms with van der Waals surface area (Å²) < 4.78 is 0. The van der Waals surface area contributed by atoms with E-state index < -0.39 is 0 Å². The number of rotatable bonds is 5. The maximum atomic E-state index is 11.7. The van der Waals surface area contributed by atoms with E-state index in [0.717, 1.165) is 12.1 Å². The molecule has 2 N–H and O–H groups in total. The molecule has 0 aliphatic heterocycles. The molecular weight excluding hydrogens is 264 g/mol. The molecule has 0 aliphatic rings. The van der Waals surface area contributed by atoms with Crippen LogP contribution in [0.1, 0.15) is 35.0 Å². The van der Waals surface area contributed by atoms with Crippen molar-refractivity contribution in [3.05, 3.63) is 47.2 Å². The number of carbonyl (C=O) groups is 1. The molecule has 5 heteroatoms. The van der Waals surface area contributed by atoms with Crippen molar-refractivity contribution in [2.75, 3.05) is 11.9 Å². The Morgan fingerprint density at radius 1 is 1.10 bits per heavy atom. The van der Waals surface area contributed by atoms with Crippen LogP contribution < -0.4 is 10.6 Å². The number of nitrogens with zero attached hydrogens (tertiary/aromatic N) is 2. The largest absolute Gasteiger partial charge is 0.351 e. The first-order valence-electron chi connectivity index (χ1n) is 7.06. The number of carbonyl (C=O) groups excluding carboxylic acids is 1. The average Bonchev–Trinajstić information content (AvgIpc) is 2.49. The summed E-state index contributed by atoms with van der Waals surface area (Å²) in [5.74, 6) is 0.423. The van der Waals surface area contributed by atoms with E-state index in [-0.39, 0.29) is 5.91 Å². The zero-order chi connectivity index (χ0) is 15.2. The monoisotopic (exact) mass is 284 g/mol. The Morgan fingerprint density at radius 2 is 1.90 bits per heavy atom. The third-order valence-corrected chi connectivity index (χ3v) is 3.21. The topological polar surface area (TPSA) is 66.9 Å². The lowest BCUT2D eigenvalue weighted by atomic mass is 10.1. The normalized spacial score (nSPS) is 10.2. The highest BCUT2D eigenvalue weighted by molar-refractivity contribution is 5.92. The van der Waals surface area contributed by atoms with Gasteiger partial charge in [-0.05, 0) is 55.7 Å². The molecule has 5 nitrogen and oxygen atoms in total. The number of benzene rings is 1. The van der Waals surface area contributed by atoms with E-state index in [0.29, 0.717) is 18.1 Å². The van der Waals surface area contributed by atoms with Crippen LogP contribution in [-0.2, 0) is 0 Å². The van der Waals surface area contributed by atoms with Crippen LogP contribution in [0.15, 0.2) is 30.3 Å². The number of hydrogen-bond acceptors (Lipinski definition) is 4. The second-order valence-electron chi connectivity index (χ2n) is 4.98. The molecular formula is C16H20N4O. The predicted molar refractivity (Wildman–Crippen MR) is 83.9 cm³/mol. The molecule has 0 fully saturated rings. The van der Waals surface area contributed by atoms with Crippen LogP contribution in [0.3, 0.4) is 0 Å². The summed E-state index contributed by atoms with van der Waals surface area (Å²) in [6, 6.07) is 9.52.